The number of nitrogens with zero attached hydrogens (tertiary/aromatic N) is 4. The summed E-state index contributed by atoms with van der Waals surface area (Å²) in [5.41, 5.74) is 0.400. The second kappa shape index (κ2) is 6.54. The van der Waals surface area contributed by atoms with E-state index in [1.807, 2.05) is 0 Å². The first-order chi connectivity index (χ1) is 11.2. The van der Waals surface area contributed by atoms with Crippen LogP contribution in [0.5, 0.6) is 0 Å². The van der Waals surface area contributed by atoms with Crippen LogP contribution >= 0.6 is 0 Å². The molecule has 2 aromatic rings. The van der Waals surface area contributed by atoms with Crippen molar-refractivity contribution < 1.29 is 18.1 Å². The molecule has 1 aromatic heterocycles. The van der Waals surface area contributed by atoms with Crippen LogP contribution in [0.4, 0.5) is 16.4 Å². The lowest BCUT2D eigenvalue weighted by Crippen LogP contribution is -2.35. The van der Waals surface area contributed by atoms with Crippen LogP contribution in [0.3, 0.4) is 0 Å². The summed E-state index contributed by atoms with van der Waals surface area (Å²) in [6.07, 6.45) is 0. The van der Waals surface area contributed by atoms with Crippen molar-refractivity contribution in [3.05, 3.63) is 45.8 Å². The van der Waals surface area contributed by atoms with E-state index in [4.69, 9.17) is 0 Å². The number of urea groups is 1. The SMILES string of the molecule is Cc1nnc(NC(=O)NS(=O)(=O)c2ccccc2[N+](=O)[O-])nc1C. The monoisotopic (exact) mass is 352 g/mol. The van der Waals surface area contributed by atoms with Gasteiger partial charge in [-0.15, -0.1) is 5.10 Å². The van der Waals surface area contributed by atoms with Crippen LogP contribution in [0.2, 0.25) is 0 Å². The predicted molar refractivity (Wildman–Crippen MR) is 81.7 cm³/mol. The van der Waals surface area contributed by atoms with Crippen LogP contribution < -0.4 is 10.0 Å². The van der Waals surface area contributed by atoms with Gasteiger partial charge in [-0.05, 0) is 19.9 Å². The summed E-state index contributed by atoms with van der Waals surface area (Å²) in [7, 11) is -4.45. The van der Waals surface area contributed by atoms with Gasteiger partial charge in [-0.25, -0.2) is 22.9 Å². The van der Waals surface area contributed by atoms with E-state index in [0.717, 1.165) is 12.1 Å². The molecule has 126 valence electrons. The number of hydrogen-bond acceptors (Lipinski definition) is 8. The van der Waals surface area contributed by atoms with Gasteiger partial charge in [0.2, 0.25) is 0 Å². The number of nitro groups is 1. The number of aryl methyl sites for hydroxylation is 2. The van der Waals surface area contributed by atoms with Gasteiger partial charge < -0.3 is 0 Å². The van der Waals surface area contributed by atoms with Crippen LogP contribution in [0, 0.1) is 24.0 Å². The zero-order valence-electron chi connectivity index (χ0n) is 12.5. The van der Waals surface area contributed by atoms with Gasteiger partial charge in [0.15, 0.2) is 4.90 Å². The van der Waals surface area contributed by atoms with Crippen LogP contribution in [0.15, 0.2) is 29.2 Å². The van der Waals surface area contributed by atoms with E-state index in [1.165, 1.54) is 12.1 Å². The highest BCUT2D eigenvalue weighted by atomic mass is 32.2. The Morgan fingerprint density at radius 1 is 1.17 bits per heavy atom. The molecule has 0 saturated heterocycles. The first kappa shape index (κ1) is 17.2. The van der Waals surface area contributed by atoms with E-state index < -0.39 is 31.6 Å². The molecule has 24 heavy (non-hydrogen) atoms. The number of nitro benzene ring substituents is 1. The molecule has 0 aliphatic carbocycles. The van der Waals surface area contributed by atoms with Gasteiger partial charge in [0.05, 0.1) is 16.3 Å². The minimum absolute atomic E-state index is 0.201. The molecule has 0 atom stereocenters. The molecule has 1 heterocycles. The molecule has 2 amide bonds. The van der Waals surface area contributed by atoms with E-state index in [-0.39, 0.29) is 5.95 Å². The Bertz CT molecular complexity index is 914. The molecular weight excluding hydrogens is 340 g/mol. The number of nitrogens with one attached hydrogen (secondary N) is 2. The maximum Gasteiger partial charge on any atom is 0.335 e. The Balaban J connectivity index is 2.21. The first-order valence-corrected chi connectivity index (χ1v) is 7.94. The molecule has 12 heteroatoms. The minimum atomic E-state index is -4.45. The van der Waals surface area contributed by atoms with Crippen LogP contribution in [0.1, 0.15) is 11.4 Å². The topological polar surface area (TPSA) is 157 Å². The maximum atomic E-state index is 12.1. The first-order valence-electron chi connectivity index (χ1n) is 6.46. The lowest BCUT2D eigenvalue weighted by atomic mass is 10.3. The maximum absolute atomic E-state index is 12.1. The number of aromatic nitrogens is 3. The van der Waals surface area contributed by atoms with Gasteiger partial charge in [-0.2, -0.15) is 5.10 Å². The van der Waals surface area contributed by atoms with E-state index in [1.54, 1.807) is 18.6 Å². The fourth-order valence-electron chi connectivity index (χ4n) is 1.65. The second-order valence-electron chi connectivity index (χ2n) is 4.59. The van der Waals surface area contributed by atoms with Crippen molar-refractivity contribution in [1.29, 1.82) is 0 Å². The summed E-state index contributed by atoms with van der Waals surface area (Å²) in [6, 6.07) is 3.48. The van der Waals surface area contributed by atoms with Gasteiger partial charge in [-0.3, -0.25) is 15.4 Å². The third-order valence-electron chi connectivity index (χ3n) is 2.90. The van der Waals surface area contributed by atoms with Crippen molar-refractivity contribution >= 4 is 27.7 Å². The Kier molecular flexibility index (Phi) is 4.69. The molecule has 0 saturated carbocycles. The number of amides is 2. The van der Waals surface area contributed by atoms with Gasteiger partial charge in [0.25, 0.3) is 21.7 Å². The molecule has 0 aliphatic rings. The average molecular weight is 352 g/mol. The zero-order valence-corrected chi connectivity index (χ0v) is 13.4. The number of sulfonamides is 1. The van der Waals surface area contributed by atoms with Crippen molar-refractivity contribution in [3.63, 3.8) is 0 Å². The van der Waals surface area contributed by atoms with E-state index in [9.17, 15) is 23.3 Å². The standard InChI is InChI=1S/C12H12N6O5S/c1-7-8(2)15-16-11(13-7)14-12(19)17-24(22,23)10-6-4-3-5-9(10)18(20)21/h3-6H,1-2H3,(H2,13,14,16,17,19). The quantitative estimate of drug-likeness (QED) is 0.607. The minimum Gasteiger partial charge on any atom is -0.274 e. The summed E-state index contributed by atoms with van der Waals surface area (Å²) in [4.78, 5) is 25.1. The number of carbonyl (C=O) groups excluding carboxylic acids is 1. The van der Waals surface area contributed by atoms with Crippen molar-refractivity contribution in [3.8, 4) is 0 Å². The van der Waals surface area contributed by atoms with E-state index in [0.29, 0.717) is 11.4 Å². The fourth-order valence-corrected chi connectivity index (χ4v) is 2.73. The average Bonchev–Trinajstić information content (AvgIpc) is 2.50. The van der Waals surface area contributed by atoms with Crippen molar-refractivity contribution in [2.75, 3.05) is 5.32 Å². The van der Waals surface area contributed by atoms with Crippen LogP contribution in [-0.2, 0) is 10.0 Å². The highest BCUT2D eigenvalue weighted by molar-refractivity contribution is 7.90. The van der Waals surface area contributed by atoms with Crippen molar-refractivity contribution in [1.82, 2.24) is 19.9 Å². The Hall–Kier alpha value is -3.15. The number of para-hydroxylation sites is 1. The van der Waals surface area contributed by atoms with E-state index >= 15 is 0 Å². The number of hydrogen-bond donors (Lipinski definition) is 2. The summed E-state index contributed by atoms with van der Waals surface area (Å²) in [5.74, 6) is -0.201. The van der Waals surface area contributed by atoms with Crippen LogP contribution in [-0.4, -0.2) is 34.6 Å². The molecule has 1 aromatic carbocycles. The molecule has 0 bridgehead atoms. The normalized spacial score (nSPS) is 10.9. The fraction of sp³-hybridized carbons (Fsp3) is 0.167. The summed E-state index contributed by atoms with van der Waals surface area (Å²) >= 11 is 0. The van der Waals surface area contributed by atoms with E-state index in [2.05, 4.69) is 20.5 Å². The molecule has 2 rings (SSSR count). The Morgan fingerprint density at radius 2 is 1.83 bits per heavy atom. The number of benzene rings is 1. The molecular formula is C12H12N6O5S. The van der Waals surface area contributed by atoms with Gasteiger partial charge in [0.1, 0.15) is 0 Å². The van der Waals surface area contributed by atoms with Gasteiger partial charge >= 0.3 is 6.03 Å². The Labute approximate surface area is 136 Å². The third kappa shape index (κ3) is 3.78. The molecule has 11 nitrogen and oxygen atoms in total. The molecule has 0 spiro atoms. The lowest BCUT2D eigenvalue weighted by Gasteiger charge is -2.08. The largest absolute Gasteiger partial charge is 0.335 e. The summed E-state index contributed by atoms with van der Waals surface area (Å²) in [6.45, 7) is 3.30. The van der Waals surface area contributed by atoms with Gasteiger partial charge in [-0.1, -0.05) is 12.1 Å². The molecule has 0 unspecified atom stereocenters. The highest BCUT2D eigenvalue weighted by Gasteiger charge is 2.27. The van der Waals surface area contributed by atoms with Gasteiger partial charge in [0, 0.05) is 6.07 Å². The smallest absolute Gasteiger partial charge is 0.274 e. The van der Waals surface area contributed by atoms with Crippen LogP contribution in [0.25, 0.3) is 0 Å². The van der Waals surface area contributed by atoms with Crippen molar-refractivity contribution in [2.45, 2.75) is 18.7 Å². The summed E-state index contributed by atoms with van der Waals surface area (Å²) < 4.78 is 26.0. The molecule has 2 N–H and O–H groups in total. The number of anilines is 1. The predicted octanol–water partition coefficient (Wildman–Crippen LogP) is 0.907. The Morgan fingerprint density at radius 3 is 2.46 bits per heavy atom. The highest BCUT2D eigenvalue weighted by Crippen LogP contribution is 2.22. The summed E-state index contributed by atoms with van der Waals surface area (Å²) in [5, 5.41) is 20.3. The molecule has 0 fully saturated rings. The number of carbonyl (C=O) groups is 1. The molecule has 0 radical (unpaired) electrons. The van der Waals surface area contributed by atoms with Crippen molar-refractivity contribution in [2.24, 2.45) is 0 Å². The zero-order chi connectivity index (χ0) is 17.9. The molecule has 0 aliphatic heterocycles. The second-order valence-corrected chi connectivity index (χ2v) is 6.24. The lowest BCUT2D eigenvalue weighted by molar-refractivity contribution is -0.387. The number of rotatable bonds is 4. The third-order valence-corrected chi connectivity index (χ3v) is 4.27.